The van der Waals surface area contributed by atoms with E-state index < -0.39 is 0 Å². The fourth-order valence-corrected chi connectivity index (χ4v) is 2.89. The lowest BCUT2D eigenvalue weighted by Crippen LogP contribution is -2.41. The standard InChI is InChI=1S/C17H27N3O2/c1-18-10-7-14-8-11-20(12-9-14)17(21)13-19-15-5-3-4-6-16(15)22-2/h3-6,14,18-19H,7-13H2,1-2H3. The van der Waals surface area contributed by atoms with Crippen LogP contribution in [-0.2, 0) is 4.79 Å². The van der Waals surface area contributed by atoms with Crippen LogP contribution in [0.2, 0.25) is 0 Å². The number of nitrogens with one attached hydrogen (secondary N) is 2. The molecule has 0 unspecified atom stereocenters. The molecule has 0 saturated carbocycles. The zero-order valence-electron chi connectivity index (χ0n) is 13.6. The first-order valence-corrected chi connectivity index (χ1v) is 8.04. The Morgan fingerprint density at radius 3 is 2.73 bits per heavy atom. The molecule has 1 aromatic rings. The molecule has 0 aromatic heterocycles. The van der Waals surface area contributed by atoms with E-state index in [0.717, 1.165) is 49.8 Å². The van der Waals surface area contributed by atoms with Gasteiger partial charge in [0.1, 0.15) is 5.75 Å². The molecule has 1 amide bonds. The third kappa shape index (κ3) is 4.63. The number of nitrogens with zero attached hydrogens (tertiary/aromatic N) is 1. The summed E-state index contributed by atoms with van der Waals surface area (Å²) < 4.78 is 5.28. The summed E-state index contributed by atoms with van der Waals surface area (Å²) in [5.41, 5.74) is 0.863. The Kier molecular flexibility index (Phi) is 6.52. The number of likely N-dealkylation sites (tertiary alicyclic amines) is 1. The molecule has 2 N–H and O–H groups in total. The highest BCUT2D eigenvalue weighted by Gasteiger charge is 2.22. The van der Waals surface area contributed by atoms with Crippen LogP contribution < -0.4 is 15.4 Å². The molecular weight excluding hydrogens is 278 g/mol. The minimum Gasteiger partial charge on any atom is -0.495 e. The molecule has 5 heteroatoms. The first kappa shape index (κ1) is 16.6. The summed E-state index contributed by atoms with van der Waals surface area (Å²) in [5, 5.41) is 6.38. The largest absolute Gasteiger partial charge is 0.495 e. The lowest BCUT2D eigenvalue weighted by atomic mass is 9.93. The second kappa shape index (κ2) is 8.63. The van der Waals surface area contributed by atoms with Gasteiger partial charge in [0.05, 0.1) is 19.3 Å². The Labute approximate surface area is 133 Å². The molecule has 22 heavy (non-hydrogen) atoms. The quantitative estimate of drug-likeness (QED) is 0.808. The van der Waals surface area contributed by atoms with E-state index in [-0.39, 0.29) is 5.91 Å². The number of piperidine rings is 1. The van der Waals surface area contributed by atoms with Crippen LogP contribution >= 0.6 is 0 Å². The molecule has 1 aliphatic rings. The van der Waals surface area contributed by atoms with Gasteiger partial charge in [-0.2, -0.15) is 0 Å². The molecule has 5 nitrogen and oxygen atoms in total. The molecular formula is C17H27N3O2. The van der Waals surface area contributed by atoms with Gasteiger partial charge in [0.25, 0.3) is 0 Å². The van der Waals surface area contributed by atoms with Crippen LogP contribution in [0, 0.1) is 5.92 Å². The van der Waals surface area contributed by atoms with E-state index in [0.29, 0.717) is 6.54 Å². The summed E-state index contributed by atoms with van der Waals surface area (Å²) in [5.74, 6) is 1.68. The minimum atomic E-state index is 0.165. The first-order valence-electron chi connectivity index (χ1n) is 8.04. The van der Waals surface area contributed by atoms with Gasteiger partial charge < -0.3 is 20.3 Å². The molecule has 0 bridgehead atoms. The smallest absolute Gasteiger partial charge is 0.241 e. The first-order chi connectivity index (χ1) is 10.7. The van der Waals surface area contributed by atoms with Crippen molar-refractivity contribution in [3.8, 4) is 5.75 Å². The van der Waals surface area contributed by atoms with Crippen molar-refractivity contribution in [2.45, 2.75) is 19.3 Å². The van der Waals surface area contributed by atoms with Crippen molar-refractivity contribution in [2.24, 2.45) is 5.92 Å². The van der Waals surface area contributed by atoms with Gasteiger partial charge in [-0.25, -0.2) is 0 Å². The number of carbonyl (C=O) groups excluding carboxylic acids is 1. The van der Waals surface area contributed by atoms with Crippen molar-refractivity contribution in [2.75, 3.05) is 45.7 Å². The van der Waals surface area contributed by atoms with E-state index in [1.165, 1.54) is 6.42 Å². The summed E-state index contributed by atoms with van der Waals surface area (Å²) in [4.78, 5) is 14.3. The van der Waals surface area contributed by atoms with Gasteiger partial charge in [-0.1, -0.05) is 12.1 Å². The highest BCUT2D eigenvalue weighted by molar-refractivity contribution is 5.81. The third-order valence-corrected chi connectivity index (χ3v) is 4.31. The van der Waals surface area contributed by atoms with Crippen molar-refractivity contribution < 1.29 is 9.53 Å². The maximum Gasteiger partial charge on any atom is 0.241 e. The van der Waals surface area contributed by atoms with Crippen LogP contribution in [0.4, 0.5) is 5.69 Å². The molecule has 1 saturated heterocycles. The van der Waals surface area contributed by atoms with Crippen molar-refractivity contribution in [3.63, 3.8) is 0 Å². The number of ether oxygens (including phenoxy) is 1. The predicted octanol–water partition coefficient (Wildman–Crippen LogP) is 1.96. The molecule has 1 aromatic carbocycles. The van der Waals surface area contributed by atoms with Crippen LogP contribution in [0.1, 0.15) is 19.3 Å². The van der Waals surface area contributed by atoms with E-state index in [1.54, 1.807) is 7.11 Å². The summed E-state index contributed by atoms with van der Waals surface area (Å²) >= 11 is 0. The fourth-order valence-electron chi connectivity index (χ4n) is 2.89. The molecule has 0 spiro atoms. The van der Waals surface area contributed by atoms with Gasteiger partial charge in [0.2, 0.25) is 5.91 Å². The SMILES string of the molecule is CNCCC1CCN(C(=O)CNc2ccccc2OC)CC1. The van der Waals surface area contributed by atoms with E-state index >= 15 is 0 Å². The molecule has 0 aliphatic carbocycles. The van der Waals surface area contributed by atoms with Crippen molar-refractivity contribution >= 4 is 11.6 Å². The number of amides is 1. The second-order valence-electron chi connectivity index (χ2n) is 5.77. The minimum absolute atomic E-state index is 0.165. The Balaban J connectivity index is 1.76. The number of methoxy groups -OCH3 is 1. The number of carbonyl (C=O) groups is 1. The average molecular weight is 305 g/mol. The maximum absolute atomic E-state index is 12.3. The lowest BCUT2D eigenvalue weighted by molar-refractivity contribution is -0.130. The number of rotatable bonds is 7. The lowest BCUT2D eigenvalue weighted by Gasteiger charge is -2.32. The van der Waals surface area contributed by atoms with Crippen molar-refractivity contribution in [3.05, 3.63) is 24.3 Å². The molecule has 0 radical (unpaired) electrons. The molecule has 0 atom stereocenters. The second-order valence-corrected chi connectivity index (χ2v) is 5.77. The van der Waals surface area contributed by atoms with Gasteiger partial charge in [-0.3, -0.25) is 4.79 Å². The normalized spacial score (nSPS) is 15.6. The highest BCUT2D eigenvalue weighted by atomic mass is 16.5. The maximum atomic E-state index is 12.3. The Morgan fingerprint density at radius 2 is 2.05 bits per heavy atom. The Morgan fingerprint density at radius 1 is 1.32 bits per heavy atom. The highest BCUT2D eigenvalue weighted by Crippen LogP contribution is 2.23. The van der Waals surface area contributed by atoms with Crippen LogP contribution in [0.3, 0.4) is 0 Å². The summed E-state index contributed by atoms with van der Waals surface area (Å²) in [6.45, 7) is 3.14. The van der Waals surface area contributed by atoms with Gasteiger partial charge in [0, 0.05) is 13.1 Å². The number of hydrogen-bond donors (Lipinski definition) is 2. The van der Waals surface area contributed by atoms with Gasteiger partial charge >= 0.3 is 0 Å². The van der Waals surface area contributed by atoms with E-state index in [4.69, 9.17) is 4.74 Å². The van der Waals surface area contributed by atoms with Gasteiger partial charge in [0.15, 0.2) is 0 Å². The predicted molar refractivity (Wildman–Crippen MR) is 89.3 cm³/mol. The summed E-state index contributed by atoms with van der Waals surface area (Å²) in [6.07, 6.45) is 3.43. The molecule has 1 fully saturated rings. The van der Waals surface area contributed by atoms with Crippen molar-refractivity contribution in [1.29, 1.82) is 0 Å². The average Bonchev–Trinajstić information content (AvgIpc) is 2.58. The number of anilines is 1. The van der Waals surface area contributed by atoms with E-state index in [1.807, 2.05) is 36.2 Å². The zero-order valence-corrected chi connectivity index (χ0v) is 13.6. The molecule has 2 rings (SSSR count). The van der Waals surface area contributed by atoms with Crippen LogP contribution in [0.25, 0.3) is 0 Å². The summed E-state index contributed by atoms with van der Waals surface area (Å²) in [7, 11) is 3.63. The third-order valence-electron chi connectivity index (χ3n) is 4.31. The van der Waals surface area contributed by atoms with Crippen LogP contribution in [-0.4, -0.2) is 51.1 Å². The van der Waals surface area contributed by atoms with E-state index in [9.17, 15) is 4.79 Å². The zero-order chi connectivity index (χ0) is 15.8. The molecule has 1 heterocycles. The van der Waals surface area contributed by atoms with Gasteiger partial charge in [-0.05, 0) is 50.9 Å². The topological polar surface area (TPSA) is 53.6 Å². The van der Waals surface area contributed by atoms with Crippen LogP contribution in [0.15, 0.2) is 24.3 Å². The van der Waals surface area contributed by atoms with E-state index in [2.05, 4.69) is 10.6 Å². The van der Waals surface area contributed by atoms with Gasteiger partial charge in [-0.15, -0.1) is 0 Å². The summed E-state index contributed by atoms with van der Waals surface area (Å²) in [6, 6.07) is 7.67. The number of benzene rings is 1. The monoisotopic (exact) mass is 305 g/mol. The number of para-hydroxylation sites is 2. The fraction of sp³-hybridized carbons (Fsp3) is 0.588. The van der Waals surface area contributed by atoms with Crippen LogP contribution in [0.5, 0.6) is 5.75 Å². The Hall–Kier alpha value is -1.75. The van der Waals surface area contributed by atoms with Crippen molar-refractivity contribution in [1.82, 2.24) is 10.2 Å². The molecule has 1 aliphatic heterocycles. The molecule has 122 valence electrons. The number of hydrogen-bond acceptors (Lipinski definition) is 4. The Bertz CT molecular complexity index is 471.